The van der Waals surface area contributed by atoms with E-state index >= 15 is 0 Å². The average Bonchev–Trinajstić information content (AvgIpc) is 3.32. The van der Waals surface area contributed by atoms with Gasteiger partial charge < -0.3 is 16.2 Å². The highest BCUT2D eigenvalue weighted by atomic mass is 16.5. The largest absolute Gasteiger partial charge is 0.398 e. The van der Waals surface area contributed by atoms with Crippen LogP contribution in [-0.4, -0.2) is 61.9 Å². The van der Waals surface area contributed by atoms with E-state index in [0.717, 1.165) is 41.7 Å². The third-order valence-corrected chi connectivity index (χ3v) is 5.92. The van der Waals surface area contributed by atoms with Crippen molar-refractivity contribution in [3.8, 4) is 0 Å². The van der Waals surface area contributed by atoms with E-state index in [0.29, 0.717) is 43.4 Å². The Labute approximate surface area is 204 Å². The molecule has 2 aromatic carbocycles. The summed E-state index contributed by atoms with van der Waals surface area (Å²) in [7, 11) is 0. The molecular weight excluding hydrogens is 442 g/mol. The number of carbonyl (C=O) groups is 1. The van der Waals surface area contributed by atoms with Crippen LogP contribution in [0.5, 0.6) is 0 Å². The van der Waals surface area contributed by atoms with E-state index in [-0.39, 0.29) is 11.6 Å². The first kappa shape index (κ1) is 24.2. The number of aliphatic imine (C=N–C) groups is 2. The number of nitrogens with zero attached hydrogens (tertiary/aromatic N) is 3. The number of benzene rings is 2. The van der Waals surface area contributed by atoms with Gasteiger partial charge in [-0.15, -0.1) is 0 Å². The molecule has 0 bridgehead atoms. The normalized spacial score (nSPS) is 17.1. The van der Waals surface area contributed by atoms with Crippen molar-refractivity contribution in [1.82, 2.24) is 4.90 Å². The average molecular weight is 474 g/mol. The number of quaternary nitrogens is 1. The van der Waals surface area contributed by atoms with Crippen LogP contribution in [0.2, 0.25) is 0 Å². The first-order chi connectivity index (χ1) is 17.0. The monoisotopic (exact) mass is 473 g/mol. The van der Waals surface area contributed by atoms with Gasteiger partial charge in [0.2, 0.25) is 11.5 Å². The van der Waals surface area contributed by atoms with Gasteiger partial charge in [-0.05, 0) is 22.2 Å². The van der Waals surface area contributed by atoms with Gasteiger partial charge in [0.25, 0.3) is 12.2 Å². The number of carbonyl (C=O) groups excluding carboxylic acids is 1. The molecule has 9 nitrogen and oxygen atoms in total. The molecule has 0 spiro atoms. The third-order valence-electron chi connectivity index (χ3n) is 5.92. The molecule has 8 N–H and O–H groups in total. The van der Waals surface area contributed by atoms with E-state index in [1.807, 2.05) is 54.6 Å². The summed E-state index contributed by atoms with van der Waals surface area (Å²) >= 11 is 0. The Balaban J connectivity index is 1.55. The van der Waals surface area contributed by atoms with Crippen molar-refractivity contribution in [2.45, 2.75) is 6.54 Å². The van der Waals surface area contributed by atoms with Gasteiger partial charge in [-0.1, -0.05) is 42.5 Å². The lowest BCUT2D eigenvalue weighted by Crippen LogP contribution is -2.82. The van der Waals surface area contributed by atoms with Gasteiger partial charge in [0.15, 0.2) is 5.70 Å². The minimum atomic E-state index is 0.0153. The summed E-state index contributed by atoms with van der Waals surface area (Å²) in [6.07, 6.45) is 4.76. The molecule has 180 valence electrons. The molecule has 2 aliphatic rings. The number of hydrogen-bond acceptors (Lipinski definition) is 5. The second-order valence-corrected chi connectivity index (χ2v) is 8.35. The zero-order valence-corrected chi connectivity index (χ0v) is 19.6. The summed E-state index contributed by atoms with van der Waals surface area (Å²) in [5, 5.41) is 7.24. The fourth-order valence-corrected chi connectivity index (χ4v) is 4.02. The summed E-state index contributed by atoms with van der Waals surface area (Å²) in [6, 6.07) is 15.7. The maximum absolute atomic E-state index is 13.0. The van der Waals surface area contributed by atoms with Gasteiger partial charge in [0, 0.05) is 36.6 Å². The molecular formula is C26H31N7O2+2. The molecule has 0 atom stereocenters. The fraction of sp³-hybridized carbons (Fsp3) is 0.231. The summed E-state index contributed by atoms with van der Waals surface area (Å²) < 4.78 is 5.37. The zero-order valence-electron chi connectivity index (χ0n) is 19.6. The molecule has 0 radical (unpaired) electrons. The third kappa shape index (κ3) is 6.15. The molecule has 9 heteroatoms. The molecule has 35 heavy (non-hydrogen) atoms. The SMILES string of the molecule is NC(=NC=[NH2+])C1=C(c2ccc(C=NCc3ccccc3)c(N)c2)C=C(C(=O)CN2CCOCC2)[NH2+]1. The number of ketones is 1. The van der Waals surface area contributed by atoms with Crippen molar-refractivity contribution in [1.29, 1.82) is 0 Å². The first-order valence-corrected chi connectivity index (χ1v) is 11.5. The first-order valence-electron chi connectivity index (χ1n) is 11.5. The molecule has 0 unspecified atom stereocenters. The van der Waals surface area contributed by atoms with Gasteiger partial charge in [-0.2, -0.15) is 0 Å². The molecule has 0 aliphatic carbocycles. The summed E-state index contributed by atoms with van der Waals surface area (Å²) in [5.41, 5.74) is 17.9. The van der Waals surface area contributed by atoms with Crippen molar-refractivity contribution in [3.63, 3.8) is 0 Å². The Morgan fingerprint density at radius 2 is 1.94 bits per heavy atom. The minimum Gasteiger partial charge on any atom is -0.398 e. The molecule has 0 aromatic heterocycles. The highest BCUT2D eigenvalue weighted by Crippen LogP contribution is 2.25. The van der Waals surface area contributed by atoms with Gasteiger partial charge in [-0.25, -0.2) is 0 Å². The van der Waals surface area contributed by atoms with Gasteiger partial charge >= 0.3 is 0 Å². The number of morpholine rings is 1. The number of nitrogens with two attached hydrogens (primary N) is 4. The predicted molar refractivity (Wildman–Crippen MR) is 137 cm³/mol. The topological polar surface area (TPSA) is 148 Å². The lowest BCUT2D eigenvalue weighted by molar-refractivity contribution is -0.535. The second-order valence-electron chi connectivity index (χ2n) is 8.35. The van der Waals surface area contributed by atoms with Gasteiger partial charge in [-0.3, -0.25) is 25.4 Å². The predicted octanol–water partition coefficient (Wildman–Crippen LogP) is -0.894. The van der Waals surface area contributed by atoms with Crippen molar-refractivity contribution >= 4 is 35.4 Å². The highest BCUT2D eigenvalue weighted by molar-refractivity contribution is 6.09. The van der Waals surface area contributed by atoms with E-state index in [4.69, 9.17) is 21.6 Å². The van der Waals surface area contributed by atoms with Crippen LogP contribution < -0.4 is 22.2 Å². The van der Waals surface area contributed by atoms with E-state index in [1.165, 1.54) is 0 Å². The van der Waals surface area contributed by atoms with Crippen LogP contribution in [0.4, 0.5) is 5.69 Å². The van der Waals surface area contributed by atoms with Crippen molar-refractivity contribution in [2.75, 3.05) is 38.6 Å². The summed E-state index contributed by atoms with van der Waals surface area (Å²) in [4.78, 5) is 23.6. The Kier molecular flexibility index (Phi) is 7.94. The number of ether oxygens (including phenoxy) is 1. The summed E-state index contributed by atoms with van der Waals surface area (Å²) in [6.45, 7) is 3.65. The van der Waals surface area contributed by atoms with E-state index < -0.39 is 0 Å². The number of nitrogen functional groups attached to an aromatic ring is 1. The van der Waals surface area contributed by atoms with Crippen LogP contribution in [0.3, 0.4) is 0 Å². The zero-order chi connectivity index (χ0) is 24.6. The quantitative estimate of drug-likeness (QED) is 0.212. The number of hydrogen-bond donors (Lipinski definition) is 4. The minimum absolute atomic E-state index is 0.0153. The molecule has 4 rings (SSSR count). The lowest BCUT2D eigenvalue weighted by Gasteiger charge is -2.25. The lowest BCUT2D eigenvalue weighted by atomic mass is 10.0. The van der Waals surface area contributed by atoms with Gasteiger partial charge in [0.1, 0.15) is 0 Å². The maximum atomic E-state index is 13.0. The molecule has 2 aromatic rings. The van der Waals surface area contributed by atoms with Crippen LogP contribution in [-0.2, 0) is 16.1 Å². The van der Waals surface area contributed by atoms with E-state index in [9.17, 15) is 4.79 Å². The van der Waals surface area contributed by atoms with E-state index in [2.05, 4.69) is 14.9 Å². The van der Waals surface area contributed by atoms with Crippen LogP contribution >= 0.6 is 0 Å². The molecule has 2 aliphatic heterocycles. The van der Waals surface area contributed by atoms with E-state index in [1.54, 1.807) is 11.5 Å². The Morgan fingerprint density at radius 1 is 1.17 bits per heavy atom. The van der Waals surface area contributed by atoms with Gasteiger partial charge in [0.05, 0.1) is 31.9 Å². The molecule has 0 amide bonds. The molecule has 1 saturated heterocycles. The highest BCUT2D eigenvalue weighted by Gasteiger charge is 2.32. The Morgan fingerprint density at radius 3 is 2.66 bits per heavy atom. The molecule has 0 saturated carbocycles. The van der Waals surface area contributed by atoms with Crippen LogP contribution in [0, 0.1) is 0 Å². The van der Waals surface area contributed by atoms with Crippen LogP contribution in [0.25, 0.3) is 5.57 Å². The van der Waals surface area contributed by atoms with Crippen LogP contribution in [0.15, 0.2) is 76.0 Å². The number of allylic oxidation sites excluding steroid dienone is 2. The molecule has 2 heterocycles. The number of amidine groups is 1. The Bertz CT molecular complexity index is 1210. The smallest absolute Gasteiger partial charge is 0.300 e. The van der Waals surface area contributed by atoms with Crippen molar-refractivity contribution in [3.05, 3.63) is 82.7 Å². The van der Waals surface area contributed by atoms with Crippen molar-refractivity contribution in [2.24, 2.45) is 15.7 Å². The van der Waals surface area contributed by atoms with Crippen LogP contribution in [0.1, 0.15) is 16.7 Å². The maximum Gasteiger partial charge on any atom is 0.300 e. The standard InChI is InChI=1S/C26H29N7O2/c27-17-31-26(29)25-21(13-23(32-25)24(34)16-33-8-10-35-11-9-33)19-6-7-20(22(28)12-19)15-30-14-18-4-2-1-3-5-18/h1-7,12-13,15,17,32H,8-11,14,16,28H2,(H3,27,29,31)/p+2. The molecule has 1 fully saturated rings. The number of rotatable bonds is 9. The second kappa shape index (κ2) is 11.5. The fourth-order valence-electron chi connectivity index (χ4n) is 4.02. The number of Topliss-reactive ketones (excluding diaryl/α,β-unsaturated/α-hetero) is 1. The Hall–Kier alpha value is -3.92. The van der Waals surface area contributed by atoms with Crippen molar-refractivity contribution < 1.29 is 20.3 Å². The number of anilines is 1. The summed E-state index contributed by atoms with van der Waals surface area (Å²) in [5.74, 6) is 0.251.